The predicted molar refractivity (Wildman–Crippen MR) is 131 cm³/mol. The molecule has 0 aromatic heterocycles. The van der Waals surface area contributed by atoms with Crippen molar-refractivity contribution in [3.8, 4) is 5.75 Å². The first kappa shape index (κ1) is 22.5. The number of hydrogen-bond acceptors (Lipinski definition) is 3. The van der Waals surface area contributed by atoms with E-state index in [2.05, 4.69) is 42.2 Å². The van der Waals surface area contributed by atoms with Crippen LogP contribution in [0.15, 0.2) is 68.5 Å². The van der Waals surface area contributed by atoms with Gasteiger partial charge in [-0.3, -0.25) is 9.79 Å². The van der Waals surface area contributed by atoms with E-state index in [4.69, 9.17) is 16.3 Å². The van der Waals surface area contributed by atoms with Gasteiger partial charge >= 0.3 is 0 Å². The number of rotatable bonds is 6. The van der Waals surface area contributed by atoms with Crippen molar-refractivity contribution in [3.63, 3.8) is 0 Å². The summed E-state index contributed by atoms with van der Waals surface area (Å²) in [4.78, 5) is 16.8. The molecule has 3 aromatic rings. The minimum absolute atomic E-state index is 0.140. The highest BCUT2D eigenvalue weighted by atomic mass is 79.9. The number of carbonyl (C=O) groups excluding carboxylic acids is 1. The average molecular weight is 551 g/mol. The first-order valence-corrected chi connectivity index (χ1v) is 11.1. The zero-order valence-corrected chi connectivity index (χ0v) is 20.3. The largest absolute Gasteiger partial charge is 0.481 e. The van der Waals surface area contributed by atoms with Gasteiger partial charge in [-0.25, -0.2) is 0 Å². The van der Waals surface area contributed by atoms with Crippen molar-refractivity contribution in [3.05, 3.63) is 85.3 Å². The molecule has 0 saturated heterocycles. The molecule has 3 rings (SSSR count). The van der Waals surface area contributed by atoms with Gasteiger partial charge in [0.1, 0.15) is 5.75 Å². The summed E-state index contributed by atoms with van der Waals surface area (Å²) in [6.07, 6.45) is 1.79. The second-order valence-electron chi connectivity index (χ2n) is 6.66. The molecule has 0 fully saturated rings. The Kier molecular flexibility index (Phi) is 7.69. The van der Waals surface area contributed by atoms with Crippen LogP contribution in [0.2, 0.25) is 5.02 Å². The quantitative estimate of drug-likeness (QED) is 0.329. The van der Waals surface area contributed by atoms with Gasteiger partial charge in [0.05, 0.1) is 14.6 Å². The lowest BCUT2D eigenvalue weighted by atomic mass is 10.2. The van der Waals surface area contributed by atoms with Crippen molar-refractivity contribution in [2.24, 2.45) is 4.99 Å². The van der Waals surface area contributed by atoms with E-state index in [9.17, 15) is 4.79 Å². The number of aryl methyl sites for hydroxylation is 2. The second kappa shape index (κ2) is 10.2. The third-order valence-corrected chi connectivity index (χ3v) is 5.88. The summed E-state index contributed by atoms with van der Waals surface area (Å²) in [5.41, 5.74) is 4.48. The van der Waals surface area contributed by atoms with E-state index in [-0.39, 0.29) is 12.5 Å². The molecule has 154 valence electrons. The van der Waals surface area contributed by atoms with E-state index in [1.165, 1.54) is 0 Å². The molecule has 0 radical (unpaired) electrons. The van der Waals surface area contributed by atoms with E-state index >= 15 is 0 Å². The number of amides is 1. The van der Waals surface area contributed by atoms with Gasteiger partial charge in [-0.15, -0.1) is 0 Å². The summed E-state index contributed by atoms with van der Waals surface area (Å²) in [5.74, 6) is 0.263. The normalized spacial score (nSPS) is 11.0. The molecule has 0 aliphatic heterocycles. The molecular formula is C23H19Br2ClN2O2. The Hall–Kier alpha value is -2.15. The van der Waals surface area contributed by atoms with E-state index in [0.717, 1.165) is 22.4 Å². The van der Waals surface area contributed by atoms with Gasteiger partial charge in [-0.05, 0) is 92.7 Å². The van der Waals surface area contributed by atoms with Crippen molar-refractivity contribution < 1.29 is 9.53 Å². The van der Waals surface area contributed by atoms with E-state index in [1.807, 2.05) is 56.3 Å². The first-order valence-electron chi connectivity index (χ1n) is 9.11. The molecule has 7 heteroatoms. The van der Waals surface area contributed by atoms with Crippen LogP contribution < -0.4 is 10.1 Å². The third-order valence-electron chi connectivity index (χ3n) is 4.29. The topological polar surface area (TPSA) is 50.7 Å². The summed E-state index contributed by atoms with van der Waals surface area (Å²) in [6.45, 7) is 3.78. The van der Waals surface area contributed by atoms with Crippen LogP contribution >= 0.6 is 43.5 Å². The van der Waals surface area contributed by atoms with Crippen molar-refractivity contribution in [2.75, 3.05) is 11.9 Å². The van der Waals surface area contributed by atoms with Crippen molar-refractivity contribution in [2.45, 2.75) is 13.8 Å². The fourth-order valence-electron chi connectivity index (χ4n) is 2.65. The second-order valence-corrected chi connectivity index (χ2v) is 8.78. The van der Waals surface area contributed by atoms with Crippen LogP contribution in [0.1, 0.15) is 16.7 Å². The Bertz CT molecular complexity index is 1090. The molecule has 0 spiro atoms. The summed E-state index contributed by atoms with van der Waals surface area (Å²) in [5, 5.41) is 3.37. The molecule has 4 nitrogen and oxygen atoms in total. The Morgan fingerprint density at radius 2 is 1.77 bits per heavy atom. The lowest BCUT2D eigenvalue weighted by Crippen LogP contribution is -2.20. The zero-order chi connectivity index (χ0) is 21.7. The molecule has 1 amide bonds. The molecule has 0 unspecified atom stereocenters. The fraction of sp³-hybridized carbons (Fsp3) is 0.130. The number of halogens is 3. The highest BCUT2D eigenvalue weighted by molar-refractivity contribution is 9.11. The monoisotopic (exact) mass is 548 g/mol. The molecular weight excluding hydrogens is 532 g/mol. The zero-order valence-electron chi connectivity index (χ0n) is 16.4. The first-order chi connectivity index (χ1) is 14.3. The number of aliphatic imine (C=N–C) groups is 1. The lowest BCUT2D eigenvalue weighted by Gasteiger charge is -2.12. The van der Waals surface area contributed by atoms with Crippen LogP contribution in [-0.2, 0) is 4.79 Å². The summed E-state index contributed by atoms with van der Waals surface area (Å²) >= 11 is 13.1. The van der Waals surface area contributed by atoms with E-state index < -0.39 is 0 Å². The molecule has 0 aliphatic rings. The van der Waals surface area contributed by atoms with E-state index in [0.29, 0.717) is 25.4 Å². The number of para-hydroxylation sites is 1. The van der Waals surface area contributed by atoms with Crippen molar-refractivity contribution in [1.82, 2.24) is 0 Å². The highest BCUT2D eigenvalue weighted by Gasteiger charge is 2.12. The van der Waals surface area contributed by atoms with Crippen LogP contribution in [0, 0.1) is 13.8 Å². The summed E-state index contributed by atoms with van der Waals surface area (Å²) in [7, 11) is 0. The SMILES string of the molecule is Cc1ccc(NC(=O)COc2c(Br)cc(C=Nc3ccccc3C)cc2Br)cc1Cl. The Balaban J connectivity index is 1.66. The maximum absolute atomic E-state index is 12.2. The number of hydrogen-bond donors (Lipinski definition) is 1. The Morgan fingerprint density at radius 3 is 2.43 bits per heavy atom. The fourth-order valence-corrected chi connectivity index (χ4v) is 4.28. The maximum Gasteiger partial charge on any atom is 0.262 e. The van der Waals surface area contributed by atoms with Gasteiger partial charge in [0.25, 0.3) is 5.91 Å². The number of anilines is 1. The number of nitrogens with zero attached hydrogens (tertiary/aromatic N) is 1. The van der Waals surface area contributed by atoms with Crippen molar-refractivity contribution in [1.29, 1.82) is 0 Å². The third kappa shape index (κ3) is 5.94. The summed E-state index contributed by atoms with van der Waals surface area (Å²) in [6, 6.07) is 17.1. The molecule has 0 aliphatic carbocycles. The molecule has 0 atom stereocenters. The maximum atomic E-state index is 12.2. The standard InChI is InChI=1S/C23H19Br2ClN2O2/c1-14-7-8-17(11-20(14)26)28-22(29)13-30-23-18(24)9-16(10-19(23)25)12-27-21-6-4-3-5-15(21)2/h3-12H,13H2,1-2H3,(H,28,29). The average Bonchev–Trinajstić information content (AvgIpc) is 2.69. The minimum atomic E-state index is -0.279. The smallest absolute Gasteiger partial charge is 0.262 e. The Labute approximate surface area is 197 Å². The van der Waals surface area contributed by atoms with Crippen LogP contribution in [-0.4, -0.2) is 18.7 Å². The minimum Gasteiger partial charge on any atom is -0.481 e. The predicted octanol–water partition coefficient (Wildman–Crippen LogP) is 7.25. The number of ether oxygens (including phenoxy) is 1. The molecule has 30 heavy (non-hydrogen) atoms. The number of nitrogens with one attached hydrogen (secondary N) is 1. The number of carbonyl (C=O) groups is 1. The Morgan fingerprint density at radius 1 is 1.07 bits per heavy atom. The van der Waals surface area contributed by atoms with Gasteiger partial charge in [0.2, 0.25) is 0 Å². The van der Waals surface area contributed by atoms with Crippen LogP contribution in [0.3, 0.4) is 0 Å². The van der Waals surface area contributed by atoms with Gasteiger partial charge < -0.3 is 10.1 Å². The van der Waals surface area contributed by atoms with Crippen LogP contribution in [0.5, 0.6) is 5.75 Å². The molecule has 0 saturated carbocycles. The highest BCUT2D eigenvalue weighted by Crippen LogP contribution is 2.34. The summed E-state index contributed by atoms with van der Waals surface area (Å²) < 4.78 is 7.14. The van der Waals surface area contributed by atoms with Gasteiger partial charge in [-0.2, -0.15) is 0 Å². The van der Waals surface area contributed by atoms with Gasteiger partial charge in [-0.1, -0.05) is 35.9 Å². The lowest BCUT2D eigenvalue weighted by molar-refractivity contribution is -0.118. The molecule has 1 N–H and O–H groups in total. The van der Waals surface area contributed by atoms with Crippen molar-refractivity contribution >= 4 is 67.0 Å². The molecule has 0 heterocycles. The van der Waals surface area contributed by atoms with Crippen LogP contribution in [0.4, 0.5) is 11.4 Å². The van der Waals surface area contributed by atoms with Gasteiger partial charge in [0, 0.05) is 16.9 Å². The van der Waals surface area contributed by atoms with E-state index in [1.54, 1.807) is 18.3 Å². The van der Waals surface area contributed by atoms with Crippen LogP contribution in [0.25, 0.3) is 0 Å². The molecule has 0 bridgehead atoms. The van der Waals surface area contributed by atoms with Gasteiger partial charge in [0.15, 0.2) is 6.61 Å². The number of benzene rings is 3. The molecule has 3 aromatic carbocycles.